The minimum atomic E-state index is -1.22. The summed E-state index contributed by atoms with van der Waals surface area (Å²) in [7, 11) is 0. The normalized spacial score (nSPS) is 11.2. The molecule has 0 aliphatic rings. The molecular weight excluding hydrogens is 520 g/mol. The topological polar surface area (TPSA) is 130 Å². The Morgan fingerprint density at radius 3 is 2.32 bits per heavy atom. The Balaban J connectivity index is 1.41. The van der Waals surface area contributed by atoms with E-state index in [0.29, 0.717) is 23.0 Å². The summed E-state index contributed by atoms with van der Waals surface area (Å²) in [5.74, 6) is 1.63. The first-order valence-electron chi connectivity index (χ1n) is 13.0. The van der Waals surface area contributed by atoms with Gasteiger partial charge in [-0.1, -0.05) is 62.7 Å². The van der Waals surface area contributed by atoms with Crippen LogP contribution in [0.2, 0.25) is 0 Å². The third-order valence-electron chi connectivity index (χ3n) is 6.32. The number of fused-ring (bicyclic) bond motifs is 1. The van der Waals surface area contributed by atoms with Crippen molar-refractivity contribution in [3.8, 4) is 17.2 Å². The number of rotatable bonds is 6. The number of carboxylic acid groups (broad SMARTS) is 1. The van der Waals surface area contributed by atoms with Crippen molar-refractivity contribution in [2.45, 2.75) is 33.1 Å². The number of carbonyl (C=O) groups excluding carboxylic acids is 1. The fourth-order valence-corrected chi connectivity index (χ4v) is 4.24. The van der Waals surface area contributed by atoms with E-state index in [0.717, 1.165) is 27.7 Å². The number of amides is 3. The quantitative estimate of drug-likeness (QED) is 0.173. The molecule has 41 heavy (non-hydrogen) atoms. The maximum atomic E-state index is 13.3. The SMILES string of the molecule is Cc1ccc(-n2nc(C(C)(C)C)cc2NC(=O)Nc2ccc(Oc3ccnc(NC(=O)O)c3)c3ccccc23)cc1. The van der Waals surface area contributed by atoms with Crippen molar-refractivity contribution in [2.24, 2.45) is 0 Å². The average molecular weight is 551 g/mol. The van der Waals surface area contributed by atoms with Crippen molar-refractivity contribution >= 4 is 40.2 Å². The highest BCUT2D eigenvalue weighted by Crippen LogP contribution is 2.35. The Morgan fingerprint density at radius 1 is 0.878 bits per heavy atom. The van der Waals surface area contributed by atoms with Crippen LogP contribution in [0, 0.1) is 6.92 Å². The van der Waals surface area contributed by atoms with E-state index in [2.05, 4.69) is 41.7 Å². The second-order valence-corrected chi connectivity index (χ2v) is 10.6. The Hall–Kier alpha value is -5.38. The van der Waals surface area contributed by atoms with E-state index >= 15 is 0 Å². The molecule has 5 rings (SSSR count). The number of anilines is 3. The van der Waals surface area contributed by atoms with E-state index in [1.54, 1.807) is 22.9 Å². The molecule has 4 N–H and O–H groups in total. The Labute approximate surface area is 237 Å². The van der Waals surface area contributed by atoms with E-state index in [9.17, 15) is 9.59 Å². The number of ether oxygens (including phenoxy) is 1. The molecule has 0 atom stereocenters. The lowest BCUT2D eigenvalue weighted by molar-refractivity contribution is 0.209. The molecule has 10 heteroatoms. The highest BCUT2D eigenvalue weighted by Gasteiger charge is 2.22. The van der Waals surface area contributed by atoms with Crippen LogP contribution in [-0.4, -0.2) is 32.0 Å². The molecule has 0 aliphatic carbocycles. The first-order valence-corrected chi connectivity index (χ1v) is 13.0. The monoisotopic (exact) mass is 550 g/mol. The van der Waals surface area contributed by atoms with Crippen LogP contribution >= 0.6 is 0 Å². The highest BCUT2D eigenvalue weighted by atomic mass is 16.5. The molecule has 3 aromatic carbocycles. The molecule has 5 aromatic rings. The summed E-state index contributed by atoms with van der Waals surface area (Å²) in [5, 5.41) is 23.4. The molecule has 0 radical (unpaired) electrons. The van der Waals surface area contributed by atoms with Crippen LogP contribution in [0.4, 0.5) is 26.9 Å². The summed E-state index contributed by atoms with van der Waals surface area (Å²) in [6.07, 6.45) is 0.237. The van der Waals surface area contributed by atoms with Gasteiger partial charge in [-0.2, -0.15) is 5.10 Å². The Bertz CT molecular complexity index is 1740. The van der Waals surface area contributed by atoms with E-state index in [4.69, 9.17) is 14.9 Å². The lowest BCUT2D eigenvalue weighted by atomic mass is 9.92. The Morgan fingerprint density at radius 2 is 1.61 bits per heavy atom. The van der Waals surface area contributed by atoms with Gasteiger partial charge in [0.05, 0.1) is 17.1 Å². The fourth-order valence-electron chi connectivity index (χ4n) is 4.24. The van der Waals surface area contributed by atoms with E-state index < -0.39 is 12.1 Å². The zero-order valence-electron chi connectivity index (χ0n) is 23.1. The van der Waals surface area contributed by atoms with Crippen LogP contribution in [0.15, 0.2) is 85.1 Å². The number of nitrogens with zero attached hydrogens (tertiary/aromatic N) is 3. The van der Waals surface area contributed by atoms with Gasteiger partial charge in [0.1, 0.15) is 23.1 Å². The Kier molecular flexibility index (Phi) is 7.30. The maximum Gasteiger partial charge on any atom is 0.410 e. The number of hydrogen-bond donors (Lipinski definition) is 4. The van der Waals surface area contributed by atoms with Gasteiger partial charge in [0.2, 0.25) is 0 Å². The van der Waals surface area contributed by atoms with Crippen LogP contribution < -0.4 is 20.7 Å². The molecule has 0 saturated carbocycles. The first-order chi connectivity index (χ1) is 19.6. The van der Waals surface area contributed by atoms with Gasteiger partial charge in [0.15, 0.2) is 0 Å². The number of nitrogens with one attached hydrogen (secondary N) is 3. The summed E-state index contributed by atoms with van der Waals surface area (Å²) >= 11 is 0. The molecular formula is C31H30N6O4. The molecule has 2 heterocycles. The number of hydrogen-bond acceptors (Lipinski definition) is 5. The minimum absolute atomic E-state index is 0.147. The number of pyridine rings is 1. The van der Waals surface area contributed by atoms with Crippen LogP contribution in [0.25, 0.3) is 16.5 Å². The number of benzene rings is 3. The van der Waals surface area contributed by atoms with Gasteiger partial charge in [-0.15, -0.1) is 0 Å². The van der Waals surface area contributed by atoms with Crippen molar-refractivity contribution < 1.29 is 19.4 Å². The van der Waals surface area contributed by atoms with E-state index in [1.807, 2.05) is 61.5 Å². The molecule has 3 amide bonds. The lowest BCUT2D eigenvalue weighted by Gasteiger charge is -2.14. The average Bonchev–Trinajstić information content (AvgIpc) is 3.34. The van der Waals surface area contributed by atoms with Crippen molar-refractivity contribution in [2.75, 3.05) is 16.0 Å². The van der Waals surface area contributed by atoms with Gasteiger partial charge in [0.25, 0.3) is 0 Å². The summed E-state index contributed by atoms with van der Waals surface area (Å²) in [4.78, 5) is 28.2. The first kappa shape index (κ1) is 27.2. The molecule has 0 unspecified atom stereocenters. The molecule has 0 fully saturated rings. The van der Waals surface area contributed by atoms with Crippen molar-refractivity contribution in [1.29, 1.82) is 0 Å². The molecule has 10 nitrogen and oxygen atoms in total. The number of urea groups is 1. The van der Waals surface area contributed by atoms with Crippen molar-refractivity contribution in [1.82, 2.24) is 14.8 Å². The third kappa shape index (κ3) is 6.27. The maximum absolute atomic E-state index is 13.3. The number of carbonyl (C=O) groups is 2. The predicted octanol–water partition coefficient (Wildman–Crippen LogP) is 7.55. The van der Waals surface area contributed by atoms with Gasteiger partial charge in [0, 0.05) is 34.5 Å². The molecule has 208 valence electrons. The highest BCUT2D eigenvalue weighted by molar-refractivity contribution is 6.07. The van der Waals surface area contributed by atoms with Gasteiger partial charge < -0.3 is 15.2 Å². The second kappa shape index (κ2) is 11.0. The molecule has 0 bridgehead atoms. The van der Waals surface area contributed by atoms with Gasteiger partial charge in [-0.05, 0) is 37.3 Å². The van der Waals surface area contributed by atoms with E-state index in [1.165, 1.54) is 12.3 Å². The molecule has 0 aliphatic heterocycles. The third-order valence-corrected chi connectivity index (χ3v) is 6.32. The molecule has 0 saturated heterocycles. The second-order valence-electron chi connectivity index (χ2n) is 10.6. The molecule has 2 aromatic heterocycles. The van der Waals surface area contributed by atoms with E-state index in [-0.39, 0.29) is 11.2 Å². The van der Waals surface area contributed by atoms with Crippen molar-refractivity contribution in [3.63, 3.8) is 0 Å². The number of aromatic nitrogens is 3. The minimum Gasteiger partial charge on any atom is -0.465 e. The summed E-state index contributed by atoms with van der Waals surface area (Å²) < 4.78 is 7.80. The zero-order valence-corrected chi connectivity index (χ0v) is 23.1. The van der Waals surface area contributed by atoms with Crippen LogP contribution in [0.3, 0.4) is 0 Å². The summed E-state index contributed by atoms with van der Waals surface area (Å²) in [6.45, 7) is 8.24. The standard InChI is InChI=1S/C31H30N6O4/c1-19-9-11-20(12-10-19)37-28(18-26(36-37)31(2,3)4)35-29(38)33-24-13-14-25(23-8-6-5-7-22(23)24)41-21-15-16-32-27(17-21)34-30(39)40/h5-18H,1-4H3,(H,32,34)(H,39,40)(H2,33,35,38). The lowest BCUT2D eigenvalue weighted by Crippen LogP contribution is -2.21. The fraction of sp³-hybridized carbons (Fsp3) is 0.161. The van der Waals surface area contributed by atoms with Crippen LogP contribution in [0.1, 0.15) is 32.0 Å². The van der Waals surface area contributed by atoms with Crippen molar-refractivity contribution in [3.05, 3.63) is 96.3 Å². The van der Waals surface area contributed by atoms with Gasteiger partial charge >= 0.3 is 12.1 Å². The largest absolute Gasteiger partial charge is 0.465 e. The smallest absolute Gasteiger partial charge is 0.410 e. The predicted molar refractivity (Wildman–Crippen MR) is 160 cm³/mol. The summed E-state index contributed by atoms with van der Waals surface area (Å²) in [6, 6.07) is 23.5. The van der Waals surface area contributed by atoms with Gasteiger partial charge in [-0.3, -0.25) is 10.6 Å². The zero-order chi connectivity index (χ0) is 29.1. The van der Waals surface area contributed by atoms with Crippen LogP contribution in [-0.2, 0) is 5.41 Å². The van der Waals surface area contributed by atoms with Crippen LogP contribution in [0.5, 0.6) is 11.5 Å². The molecule has 0 spiro atoms. The summed E-state index contributed by atoms with van der Waals surface area (Å²) in [5.41, 5.74) is 3.19. The van der Waals surface area contributed by atoms with Gasteiger partial charge in [-0.25, -0.2) is 19.3 Å². The number of aryl methyl sites for hydroxylation is 1.